The zero-order chi connectivity index (χ0) is 16.2. The van der Waals surface area contributed by atoms with Gasteiger partial charge < -0.3 is 14.8 Å². The smallest absolute Gasteiger partial charge is 0.231 e. The lowest BCUT2D eigenvalue weighted by Gasteiger charge is -2.04. The molecule has 1 aliphatic rings. The lowest BCUT2D eigenvalue weighted by molar-refractivity contribution is 0.174. The Morgan fingerprint density at radius 1 is 1.04 bits per heavy atom. The second-order valence-corrected chi connectivity index (χ2v) is 5.58. The first-order valence-electron chi connectivity index (χ1n) is 7.94. The third-order valence-corrected chi connectivity index (χ3v) is 3.86. The second-order valence-electron chi connectivity index (χ2n) is 5.58. The molecule has 6 heteroatoms. The number of rotatable bonds is 6. The van der Waals surface area contributed by atoms with Gasteiger partial charge in [0.25, 0.3) is 0 Å². The van der Waals surface area contributed by atoms with Crippen molar-refractivity contribution in [3.05, 3.63) is 66.0 Å². The maximum Gasteiger partial charge on any atom is 0.231 e. The van der Waals surface area contributed by atoms with E-state index in [1.807, 2.05) is 42.5 Å². The van der Waals surface area contributed by atoms with Crippen LogP contribution in [-0.2, 0) is 13.0 Å². The predicted octanol–water partition coefficient (Wildman–Crippen LogP) is 2.33. The maximum absolute atomic E-state index is 5.40. The van der Waals surface area contributed by atoms with Crippen LogP contribution in [0, 0.1) is 0 Å². The van der Waals surface area contributed by atoms with Crippen molar-refractivity contribution in [1.82, 2.24) is 20.3 Å². The monoisotopic (exact) mass is 322 g/mol. The van der Waals surface area contributed by atoms with E-state index in [0.29, 0.717) is 13.3 Å². The van der Waals surface area contributed by atoms with Gasteiger partial charge in [-0.1, -0.05) is 24.3 Å². The Morgan fingerprint density at radius 3 is 2.83 bits per heavy atom. The molecule has 1 N–H and O–H groups in total. The van der Waals surface area contributed by atoms with E-state index in [9.17, 15) is 0 Å². The molecule has 2 aromatic carbocycles. The van der Waals surface area contributed by atoms with Gasteiger partial charge in [0.05, 0.1) is 17.6 Å². The fourth-order valence-corrected chi connectivity index (χ4v) is 2.61. The molecule has 4 rings (SSSR count). The number of fused-ring (bicyclic) bond motifs is 1. The summed E-state index contributed by atoms with van der Waals surface area (Å²) in [5.74, 6) is 1.66. The van der Waals surface area contributed by atoms with Crippen molar-refractivity contribution < 1.29 is 9.47 Å². The summed E-state index contributed by atoms with van der Waals surface area (Å²) in [5.41, 5.74) is 3.10. The van der Waals surface area contributed by atoms with E-state index in [4.69, 9.17) is 9.47 Å². The Balaban J connectivity index is 1.28. The van der Waals surface area contributed by atoms with Crippen molar-refractivity contribution in [3.8, 4) is 17.2 Å². The first-order chi connectivity index (χ1) is 11.9. The molecule has 0 aliphatic carbocycles. The Morgan fingerprint density at radius 2 is 1.92 bits per heavy atom. The van der Waals surface area contributed by atoms with E-state index in [1.165, 1.54) is 5.56 Å². The van der Waals surface area contributed by atoms with E-state index < -0.39 is 0 Å². The second kappa shape index (κ2) is 6.72. The topological polar surface area (TPSA) is 61.2 Å². The highest BCUT2D eigenvalue weighted by Crippen LogP contribution is 2.32. The molecule has 0 fully saturated rings. The third kappa shape index (κ3) is 3.23. The van der Waals surface area contributed by atoms with Crippen molar-refractivity contribution >= 4 is 0 Å². The van der Waals surface area contributed by atoms with Crippen molar-refractivity contribution in [1.29, 1.82) is 0 Å². The van der Waals surface area contributed by atoms with Crippen LogP contribution in [0.25, 0.3) is 5.69 Å². The Hall–Kier alpha value is -2.86. The highest BCUT2D eigenvalue weighted by molar-refractivity contribution is 5.44. The molecule has 0 bridgehead atoms. The minimum Gasteiger partial charge on any atom is -0.454 e. The van der Waals surface area contributed by atoms with Gasteiger partial charge in [0.2, 0.25) is 6.79 Å². The highest BCUT2D eigenvalue weighted by Gasteiger charge is 2.12. The quantitative estimate of drug-likeness (QED) is 0.706. The number of ether oxygens (including phenoxy) is 2. The molecule has 24 heavy (non-hydrogen) atoms. The summed E-state index contributed by atoms with van der Waals surface area (Å²) in [5, 5.41) is 12.2. The van der Waals surface area contributed by atoms with Gasteiger partial charge in [-0.3, -0.25) is 0 Å². The average molecular weight is 322 g/mol. The highest BCUT2D eigenvalue weighted by atomic mass is 16.7. The fraction of sp³-hybridized carbons (Fsp3) is 0.222. The Kier molecular flexibility index (Phi) is 4.12. The number of hydrogen-bond donors (Lipinski definition) is 1. The van der Waals surface area contributed by atoms with Crippen LogP contribution in [0.4, 0.5) is 0 Å². The van der Waals surface area contributed by atoms with Crippen LogP contribution in [0.1, 0.15) is 11.3 Å². The van der Waals surface area contributed by atoms with Crippen molar-refractivity contribution in [3.63, 3.8) is 0 Å². The minimum absolute atomic E-state index is 0.314. The van der Waals surface area contributed by atoms with Crippen molar-refractivity contribution in [2.24, 2.45) is 0 Å². The van der Waals surface area contributed by atoms with Gasteiger partial charge in [-0.15, -0.1) is 0 Å². The standard InChI is InChI=1S/C18H18N4O2/c1-2-4-16(5-3-1)22-20-12-15(21-22)11-19-9-8-14-6-7-17-18(10-14)24-13-23-17/h1-7,10,12,19H,8-9,11,13H2. The normalized spacial score (nSPS) is 12.5. The number of nitrogens with one attached hydrogen (secondary N) is 1. The molecule has 1 aliphatic heterocycles. The molecule has 6 nitrogen and oxygen atoms in total. The van der Waals surface area contributed by atoms with Crippen LogP contribution >= 0.6 is 0 Å². The molecular weight excluding hydrogens is 304 g/mol. The van der Waals surface area contributed by atoms with Crippen LogP contribution in [0.3, 0.4) is 0 Å². The number of benzene rings is 2. The summed E-state index contributed by atoms with van der Waals surface area (Å²) in [4.78, 5) is 1.65. The zero-order valence-electron chi connectivity index (χ0n) is 13.2. The summed E-state index contributed by atoms with van der Waals surface area (Å²) in [6, 6.07) is 16.0. The number of para-hydroxylation sites is 1. The molecule has 0 amide bonds. The minimum atomic E-state index is 0.314. The van der Waals surface area contributed by atoms with Crippen LogP contribution in [0.2, 0.25) is 0 Å². The van der Waals surface area contributed by atoms with E-state index in [0.717, 1.165) is 35.8 Å². The van der Waals surface area contributed by atoms with Gasteiger partial charge in [-0.25, -0.2) is 0 Å². The van der Waals surface area contributed by atoms with Gasteiger partial charge in [0.1, 0.15) is 0 Å². The Labute approximate surface area is 140 Å². The van der Waals surface area contributed by atoms with Crippen LogP contribution in [0.5, 0.6) is 11.5 Å². The summed E-state index contributed by atoms with van der Waals surface area (Å²) in [6.07, 6.45) is 2.71. The molecule has 1 aromatic heterocycles. The Bertz CT molecular complexity index is 817. The molecule has 2 heterocycles. The lowest BCUT2D eigenvalue weighted by Crippen LogP contribution is -2.17. The molecule has 0 spiro atoms. The molecular formula is C18H18N4O2. The summed E-state index contributed by atoms with van der Waals surface area (Å²) < 4.78 is 10.7. The predicted molar refractivity (Wildman–Crippen MR) is 89.3 cm³/mol. The van der Waals surface area contributed by atoms with Gasteiger partial charge in [0, 0.05) is 6.54 Å². The fourth-order valence-electron chi connectivity index (χ4n) is 2.61. The van der Waals surface area contributed by atoms with E-state index in [-0.39, 0.29) is 0 Å². The molecule has 0 unspecified atom stereocenters. The van der Waals surface area contributed by atoms with Gasteiger partial charge in [-0.2, -0.15) is 15.0 Å². The lowest BCUT2D eigenvalue weighted by atomic mass is 10.1. The molecule has 0 saturated heterocycles. The first kappa shape index (κ1) is 14.7. The third-order valence-electron chi connectivity index (χ3n) is 3.86. The molecule has 122 valence electrons. The van der Waals surface area contributed by atoms with Crippen molar-refractivity contribution in [2.75, 3.05) is 13.3 Å². The summed E-state index contributed by atoms with van der Waals surface area (Å²) in [6.45, 7) is 1.86. The summed E-state index contributed by atoms with van der Waals surface area (Å²) >= 11 is 0. The van der Waals surface area contributed by atoms with Crippen LogP contribution < -0.4 is 14.8 Å². The number of nitrogens with zero attached hydrogens (tertiary/aromatic N) is 3. The van der Waals surface area contributed by atoms with Crippen molar-refractivity contribution in [2.45, 2.75) is 13.0 Å². The van der Waals surface area contributed by atoms with Gasteiger partial charge >= 0.3 is 0 Å². The SMILES string of the molecule is c1ccc(-n2ncc(CNCCc3ccc4c(c3)OCO4)n2)cc1. The number of aromatic nitrogens is 3. The average Bonchev–Trinajstić information content (AvgIpc) is 3.28. The van der Waals surface area contributed by atoms with E-state index in [2.05, 4.69) is 21.6 Å². The van der Waals surface area contributed by atoms with Crippen LogP contribution in [-0.4, -0.2) is 28.3 Å². The zero-order valence-corrected chi connectivity index (χ0v) is 13.2. The molecule has 3 aromatic rings. The molecule has 0 saturated carbocycles. The van der Waals surface area contributed by atoms with Crippen LogP contribution in [0.15, 0.2) is 54.7 Å². The van der Waals surface area contributed by atoms with E-state index in [1.54, 1.807) is 11.0 Å². The maximum atomic E-state index is 5.40. The molecule has 0 radical (unpaired) electrons. The van der Waals surface area contributed by atoms with E-state index >= 15 is 0 Å². The first-order valence-corrected chi connectivity index (χ1v) is 7.94. The summed E-state index contributed by atoms with van der Waals surface area (Å²) in [7, 11) is 0. The number of hydrogen-bond acceptors (Lipinski definition) is 5. The van der Waals surface area contributed by atoms with Gasteiger partial charge in [-0.05, 0) is 42.8 Å². The molecule has 0 atom stereocenters. The van der Waals surface area contributed by atoms with Gasteiger partial charge in [0.15, 0.2) is 11.5 Å². The largest absolute Gasteiger partial charge is 0.454 e.